The summed E-state index contributed by atoms with van der Waals surface area (Å²) in [5.74, 6) is -0.955. The number of hydrogen-bond donors (Lipinski definition) is 1. The number of carboxylic acid groups (broad SMARTS) is 1. The summed E-state index contributed by atoms with van der Waals surface area (Å²) in [5, 5.41) is 8.18. The van der Waals surface area contributed by atoms with Crippen LogP contribution in [0.15, 0.2) is 0 Å². The Morgan fingerprint density at radius 1 is 0.636 bits per heavy atom. The summed E-state index contributed by atoms with van der Waals surface area (Å²) in [4.78, 5) is 43.7. The van der Waals surface area contributed by atoms with Crippen LogP contribution >= 0.6 is 0 Å². The predicted molar refractivity (Wildman–Crippen MR) is 176 cm³/mol. The predicted octanol–water partition coefficient (Wildman–Crippen LogP) is 8.40. The summed E-state index contributed by atoms with van der Waals surface area (Å²) in [5.41, 5.74) is -0.126. The highest BCUT2D eigenvalue weighted by molar-refractivity contribution is 5.73. The van der Waals surface area contributed by atoms with Gasteiger partial charge in [-0.3, -0.25) is 19.2 Å². The zero-order chi connectivity index (χ0) is 34.6. The first-order valence-electron chi connectivity index (χ1n) is 17.0. The van der Waals surface area contributed by atoms with E-state index in [2.05, 4.69) is 13.8 Å². The molecule has 0 aliphatic heterocycles. The second-order valence-electron chi connectivity index (χ2n) is 11.8. The average Bonchev–Trinajstić information content (AvgIpc) is 3.04. The van der Waals surface area contributed by atoms with Crippen molar-refractivity contribution >= 4 is 23.9 Å². The summed E-state index contributed by atoms with van der Waals surface area (Å²) < 4.78 is 20.3. The van der Waals surface area contributed by atoms with E-state index in [0.29, 0.717) is 19.8 Å². The lowest BCUT2D eigenvalue weighted by molar-refractivity contribution is -0.168. The van der Waals surface area contributed by atoms with Gasteiger partial charge < -0.3 is 24.1 Å². The highest BCUT2D eigenvalue weighted by atomic mass is 16.6. The number of ether oxygens (including phenoxy) is 4. The van der Waals surface area contributed by atoms with Crippen molar-refractivity contribution < 1.29 is 43.2 Å². The molecule has 0 aromatic carbocycles. The third-order valence-electron chi connectivity index (χ3n) is 8.08. The zero-order valence-electron chi connectivity index (χ0n) is 30.1. The minimum absolute atomic E-state index is 0.00116. The normalized spacial score (nSPS) is 16.0. The molecule has 0 aromatic rings. The Bertz CT molecular complexity index is 704. The number of carbonyl (C=O) groups is 4. The van der Waals surface area contributed by atoms with Gasteiger partial charge in [0.1, 0.15) is 12.2 Å². The topological polar surface area (TPSA) is 125 Å². The van der Waals surface area contributed by atoms with E-state index < -0.39 is 5.97 Å². The standard InChI is InChI=1S/C13H24O2.C9H18O2.C8H16O3.C5H10O2/c1-4-11(3)12(14)15-13(5-2)9-7-6-8-10-13;1-4-6-7-11-9(10)8(3)5-2;1-4-7(2)8(9)11-6-5-10-3;1-3-4(2)5(6)7/h11H,4-10H2,1-3H3;8H,4-7H2,1-3H3;7H,4-6H2,1-3H3;4H,3H2,1-2H3,(H,6,7). The minimum Gasteiger partial charge on any atom is -0.481 e. The molecule has 0 bridgehead atoms. The highest BCUT2D eigenvalue weighted by Gasteiger charge is 2.34. The number of carbonyl (C=O) groups excluding carboxylic acids is 3. The van der Waals surface area contributed by atoms with Gasteiger partial charge in [0.05, 0.1) is 36.9 Å². The fourth-order valence-corrected chi connectivity index (χ4v) is 3.54. The summed E-state index contributed by atoms with van der Waals surface area (Å²) >= 11 is 0. The molecule has 0 radical (unpaired) electrons. The van der Waals surface area contributed by atoms with E-state index in [0.717, 1.165) is 57.8 Å². The van der Waals surface area contributed by atoms with E-state index in [-0.39, 0.29) is 47.2 Å². The van der Waals surface area contributed by atoms with Crippen LogP contribution in [0.5, 0.6) is 0 Å². The maximum Gasteiger partial charge on any atom is 0.309 e. The first-order chi connectivity index (χ1) is 20.8. The van der Waals surface area contributed by atoms with Crippen molar-refractivity contribution in [3.8, 4) is 0 Å². The highest BCUT2D eigenvalue weighted by Crippen LogP contribution is 2.35. The smallest absolute Gasteiger partial charge is 0.309 e. The van der Waals surface area contributed by atoms with Crippen molar-refractivity contribution in [3.05, 3.63) is 0 Å². The van der Waals surface area contributed by atoms with Crippen LogP contribution in [-0.4, -0.2) is 61.5 Å². The largest absolute Gasteiger partial charge is 0.481 e. The molecule has 9 nitrogen and oxygen atoms in total. The summed E-state index contributed by atoms with van der Waals surface area (Å²) in [6.07, 6.45) is 12.1. The van der Waals surface area contributed by atoms with Crippen LogP contribution in [0.4, 0.5) is 0 Å². The van der Waals surface area contributed by atoms with E-state index in [1.165, 1.54) is 19.3 Å². The Labute approximate surface area is 269 Å². The van der Waals surface area contributed by atoms with Crippen molar-refractivity contribution in [2.45, 2.75) is 152 Å². The number of unbranched alkanes of at least 4 members (excludes halogenated alkanes) is 1. The molecule has 4 atom stereocenters. The maximum absolute atomic E-state index is 11.8. The second kappa shape index (κ2) is 29.5. The molecule has 0 heterocycles. The van der Waals surface area contributed by atoms with Gasteiger partial charge >= 0.3 is 23.9 Å². The molecule has 1 aliphatic carbocycles. The van der Waals surface area contributed by atoms with Crippen LogP contribution in [-0.2, 0) is 38.1 Å². The monoisotopic (exact) mass is 632 g/mol. The first kappa shape index (κ1) is 46.3. The van der Waals surface area contributed by atoms with Crippen LogP contribution in [0.2, 0.25) is 0 Å². The fourth-order valence-electron chi connectivity index (χ4n) is 3.54. The molecule has 1 fully saturated rings. The minimum atomic E-state index is -0.706. The molecular formula is C35H68O9. The van der Waals surface area contributed by atoms with E-state index in [1.807, 2.05) is 48.5 Å². The second-order valence-corrected chi connectivity index (χ2v) is 11.8. The summed E-state index contributed by atoms with van der Waals surface area (Å²) in [6.45, 7) is 20.9. The number of rotatable bonds is 16. The Morgan fingerprint density at radius 2 is 1.07 bits per heavy atom. The Balaban J connectivity index is -0.000000527. The van der Waals surface area contributed by atoms with Crippen LogP contribution in [0.25, 0.3) is 0 Å². The SMILES string of the molecule is CCC(C)C(=O)O.CCC(C)C(=O)OC1(CC)CCCCC1.CCC(C)C(=O)OCCOC.CCCCOC(=O)C(C)CC. The lowest BCUT2D eigenvalue weighted by atomic mass is 9.82. The van der Waals surface area contributed by atoms with E-state index >= 15 is 0 Å². The van der Waals surface area contributed by atoms with Gasteiger partial charge in [0.15, 0.2) is 0 Å². The van der Waals surface area contributed by atoms with Gasteiger partial charge in [-0.1, -0.05) is 82.1 Å². The number of carboxylic acids is 1. The molecule has 0 amide bonds. The first-order valence-corrected chi connectivity index (χ1v) is 17.0. The third kappa shape index (κ3) is 24.2. The van der Waals surface area contributed by atoms with Gasteiger partial charge in [0.25, 0.3) is 0 Å². The zero-order valence-corrected chi connectivity index (χ0v) is 30.1. The van der Waals surface area contributed by atoms with Gasteiger partial charge in [-0.15, -0.1) is 0 Å². The molecule has 262 valence electrons. The Hall–Kier alpha value is -2.16. The quantitative estimate of drug-likeness (QED) is 0.101. The molecule has 0 spiro atoms. The lowest BCUT2D eigenvalue weighted by Crippen LogP contribution is -2.38. The summed E-state index contributed by atoms with van der Waals surface area (Å²) in [7, 11) is 1.58. The Kier molecular flexibility index (Phi) is 31.1. The fraction of sp³-hybridized carbons (Fsp3) is 0.886. The Morgan fingerprint density at radius 3 is 1.41 bits per heavy atom. The van der Waals surface area contributed by atoms with E-state index in [4.69, 9.17) is 24.1 Å². The molecule has 4 unspecified atom stereocenters. The van der Waals surface area contributed by atoms with Crippen LogP contribution in [0, 0.1) is 23.7 Å². The van der Waals surface area contributed by atoms with Crippen molar-refractivity contribution in [3.63, 3.8) is 0 Å². The van der Waals surface area contributed by atoms with Gasteiger partial charge in [0, 0.05) is 7.11 Å². The molecule has 0 saturated heterocycles. The van der Waals surface area contributed by atoms with Crippen LogP contribution in [0.1, 0.15) is 146 Å². The molecule has 44 heavy (non-hydrogen) atoms. The third-order valence-corrected chi connectivity index (χ3v) is 8.08. The molecule has 0 aromatic heterocycles. The molecular weight excluding hydrogens is 564 g/mol. The van der Waals surface area contributed by atoms with Crippen LogP contribution < -0.4 is 0 Å². The molecule has 1 rings (SSSR count). The van der Waals surface area contributed by atoms with E-state index in [1.54, 1.807) is 14.0 Å². The molecule has 1 aliphatic rings. The van der Waals surface area contributed by atoms with Crippen molar-refractivity contribution in [2.24, 2.45) is 23.7 Å². The van der Waals surface area contributed by atoms with Gasteiger partial charge in [-0.25, -0.2) is 0 Å². The lowest BCUT2D eigenvalue weighted by Gasteiger charge is -2.36. The van der Waals surface area contributed by atoms with Crippen molar-refractivity contribution in [1.82, 2.24) is 0 Å². The summed E-state index contributed by atoms with van der Waals surface area (Å²) in [6, 6.07) is 0. The van der Waals surface area contributed by atoms with Crippen molar-refractivity contribution in [1.29, 1.82) is 0 Å². The molecule has 1 saturated carbocycles. The maximum atomic E-state index is 11.8. The number of aliphatic carboxylic acids is 1. The van der Waals surface area contributed by atoms with Gasteiger partial charge in [0.2, 0.25) is 0 Å². The molecule has 1 N–H and O–H groups in total. The number of methoxy groups -OCH3 is 1. The average molecular weight is 633 g/mol. The number of hydrogen-bond acceptors (Lipinski definition) is 8. The van der Waals surface area contributed by atoms with Gasteiger partial charge in [-0.2, -0.15) is 0 Å². The van der Waals surface area contributed by atoms with Crippen LogP contribution in [0.3, 0.4) is 0 Å². The van der Waals surface area contributed by atoms with Gasteiger partial charge in [-0.05, 0) is 64.2 Å². The van der Waals surface area contributed by atoms with E-state index in [9.17, 15) is 19.2 Å². The molecule has 9 heteroatoms. The number of esters is 3. The van der Waals surface area contributed by atoms with Crippen molar-refractivity contribution in [2.75, 3.05) is 26.9 Å².